The number of aromatic hydroxyl groups is 2. The van der Waals surface area contributed by atoms with Crippen LogP contribution in [0.4, 0.5) is 0 Å². The van der Waals surface area contributed by atoms with Crippen molar-refractivity contribution >= 4 is 0 Å². The summed E-state index contributed by atoms with van der Waals surface area (Å²) in [6.45, 7) is 2.13. The first-order valence-corrected chi connectivity index (χ1v) is 6.05. The maximum atomic E-state index is 9.24. The molecule has 0 aromatic heterocycles. The zero-order chi connectivity index (χ0) is 13.0. The van der Waals surface area contributed by atoms with Gasteiger partial charge in [-0.3, -0.25) is 0 Å². The van der Waals surface area contributed by atoms with E-state index in [4.69, 9.17) is 0 Å². The van der Waals surface area contributed by atoms with Crippen LogP contribution >= 0.6 is 0 Å². The van der Waals surface area contributed by atoms with Gasteiger partial charge in [-0.15, -0.1) is 0 Å². The Morgan fingerprint density at radius 2 is 1.39 bits per heavy atom. The Labute approximate surface area is 108 Å². The van der Waals surface area contributed by atoms with Crippen LogP contribution in [-0.2, 0) is 6.42 Å². The van der Waals surface area contributed by atoms with Crippen molar-refractivity contribution in [3.8, 4) is 11.5 Å². The maximum absolute atomic E-state index is 9.24. The minimum Gasteiger partial charge on any atom is -0.508 e. The third-order valence-corrected chi connectivity index (χ3v) is 3.06. The van der Waals surface area contributed by atoms with Crippen molar-refractivity contribution in [2.24, 2.45) is 0 Å². The molecule has 93 valence electrons. The summed E-state index contributed by atoms with van der Waals surface area (Å²) in [5, 5.41) is 18.4. The highest BCUT2D eigenvalue weighted by Crippen LogP contribution is 2.22. The van der Waals surface area contributed by atoms with Gasteiger partial charge in [-0.25, -0.2) is 0 Å². The molecule has 2 N–H and O–H groups in total. The van der Waals surface area contributed by atoms with Crippen LogP contribution in [0, 0.1) is 6.42 Å². The Kier molecular flexibility index (Phi) is 3.88. The fourth-order valence-corrected chi connectivity index (χ4v) is 1.86. The molecule has 0 saturated carbocycles. The predicted octanol–water partition coefficient (Wildman–Crippen LogP) is 3.65. The zero-order valence-corrected chi connectivity index (χ0v) is 10.4. The van der Waals surface area contributed by atoms with Gasteiger partial charge in [-0.05, 0) is 54.2 Å². The van der Waals surface area contributed by atoms with Crippen LogP contribution in [0.1, 0.15) is 24.0 Å². The first-order valence-electron chi connectivity index (χ1n) is 6.05. The quantitative estimate of drug-likeness (QED) is 0.857. The van der Waals surface area contributed by atoms with E-state index in [1.807, 2.05) is 24.3 Å². The molecule has 18 heavy (non-hydrogen) atoms. The lowest BCUT2D eigenvalue weighted by atomic mass is 9.94. The summed E-state index contributed by atoms with van der Waals surface area (Å²) in [7, 11) is 0. The van der Waals surface area contributed by atoms with Crippen LogP contribution < -0.4 is 0 Å². The molecule has 1 unspecified atom stereocenters. The Balaban J connectivity index is 1.93. The van der Waals surface area contributed by atoms with Crippen molar-refractivity contribution in [1.82, 2.24) is 0 Å². The summed E-state index contributed by atoms with van der Waals surface area (Å²) in [6.07, 6.45) is 3.08. The molecule has 2 rings (SSSR count). The van der Waals surface area contributed by atoms with Gasteiger partial charge in [0.1, 0.15) is 11.5 Å². The van der Waals surface area contributed by atoms with Crippen LogP contribution in [0.5, 0.6) is 11.5 Å². The minimum atomic E-state index is 0.296. The molecule has 2 nitrogen and oxygen atoms in total. The van der Waals surface area contributed by atoms with E-state index in [0.29, 0.717) is 17.4 Å². The van der Waals surface area contributed by atoms with Gasteiger partial charge in [-0.1, -0.05) is 31.2 Å². The number of benzene rings is 2. The summed E-state index contributed by atoms with van der Waals surface area (Å²) in [4.78, 5) is 0. The topological polar surface area (TPSA) is 40.5 Å². The van der Waals surface area contributed by atoms with Gasteiger partial charge >= 0.3 is 0 Å². The number of phenols is 2. The molecule has 2 heteroatoms. The molecule has 0 saturated heterocycles. The number of phenolic OH excluding ortho intramolecular Hbond substituents is 2. The average molecular weight is 241 g/mol. The number of rotatable bonds is 4. The molecule has 0 bridgehead atoms. The lowest BCUT2D eigenvalue weighted by Crippen LogP contribution is -1.97. The van der Waals surface area contributed by atoms with Crippen LogP contribution in [0.15, 0.2) is 48.5 Å². The fourth-order valence-electron chi connectivity index (χ4n) is 1.86. The Hall–Kier alpha value is -1.96. The van der Waals surface area contributed by atoms with E-state index in [2.05, 4.69) is 13.3 Å². The van der Waals surface area contributed by atoms with Gasteiger partial charge in [-0.2, -0.15) is 0 Å². The van der Waals surface area contributed by atoms with Crippen molar-refractivity contribution in [2.75, 3.05) is 0 Å². The summed E-state index contributed by atoms with van der Waals surface area (Å²) in [6, 6.07) is 14.6. The van der Waals surface area contributed by atoms with Crippen LogP contribution in [0.3, 0.4) is 0 Å². The fraction of sp³-hybridized carbons (Fsp3) is 0.188. The first-order chi connectivity index (χ1) is 8.65. The molecule has 0 aliphatic heterocycles. The van der Waals surface area contributed by atoms with Crippen molar-refractivity contribution in [2.45, 2.75) is 19.3 Å². The number of hydrogen-bond acceptors (Lipinski definition) is 2. The predicted molar refractivity (Wildman–Crippen MR) is 72.6 cm³/mol. The van der Waals surface area contributed by atoms with Gasteiger partial charge in [0, 0.05) is 0 Å². The summed E-state index contributed by atoms with van der Waals surface area (Å²) in [5.41, 5.74) is 2.37. The normalized spacial score (nSPS) is 12.3. The molecule has 0 spiro atoms. The Bertz CT molecular complexity index is 486. The van der Waals surface area contributed by atoms with Gasteiger partial charge in [0.05, 0.1) is 0 Å². The van der Waals surface area contributed by atoms with Crippen LogP contribution in [0.2, 0.25) is 0 Å². The van der Waals surface area contributed by atoms with E-state index >= 15 is 0 Å². The van der Waals surface area contributed by atoms with Crippen molar-refractivity contribution in [3.05, 3.63) is 66.1 Å². The van der Waals surface area contributed by atoms with E-state index in [0.717, 1.165) is 6.42 Å². The average Bonchev–Trinajstić information content (AvgIpc) is 2.38. The molecule has 0 amide bonds. The highest BCUT2D eigenvalue weighted by Gasteiger charge is 2.06. The third-order valence-electron chi connectivity index (χ3n) is 3.06. The highest BCUT2D eigenvalue weighted by atomic mass is 16.3. The third kappa shape index (κ3) is 3.27. The largest absolute Gasteiger partial charge is 0.508 e. The zero-order valence-electron chi connectivity index (χ0n) is 10.4. The smallest absolute Gasteiger partial charge is 0.115 e. The Morgan fingerprint density at radius 3 is 1.94 bits per heavy atom. The number of hydrogen-bond donors (Lipinski definition) is 2. The summed E-state index contributed by atoms with van der Waals surface area (Å²) < 4.78 is 0. The molecule has 0 fully saturated rings. The SMILES string of the molecule is CC([CH]Cc1ccc(O)cc1)c1ccc(O)cc1. The van der Waals surface area contributed by atoms with E-state index in [1.54, 1.807) is 24.3 Å². The molecule has 2 aromatic rings. The van der Waals surface area contributed by atoms with Crippen molar-refractivity contribution < 1.29 is 10.2 Å². The van der Waals surface area contributed by atoms with Crippen molar-refractivity contribution in [3.63, 3.8) is 0 Å². The van der Waals surface area contributed by atoms with Gasteiger partial charge in [0.15, 0.2) is 0 Å². The van der Waals surface area contributed by atoms with Gasteiger partial charge < -0.3 is 10.2 Å². The molecule has 2 aromatic carbocycles. The molecule has 0 aliphatic carbocycles. The van der Waals surface area contributed by atoms with Crippen LogP contribution in [-0.4, -0.2) is 10.2 Å². The lowest BCUT2D eigenvalue weighted by molar-refractivity contribution is 0.474. The van der Waals surface area contributed by atoms with Gasteiger partial charge in [0.25, 0.3) is 0 Å². The second kappa shape index (κ2) is 5.58. The maximum Gasteiger partial charge on any atom is 0.115 e. The second-order valence-electron chi connectivity index (χ2n) is 4.49. The van der Waals surface area contributed by atoms with Crippen molar-refractivity contribution in [1.29, 1.82) is 0 Å². The van der Waals surface area contributed by atoms with E-state index < -0.39 is 0 Å². The van der Waals surface area contributed by atoms with E-state index in [1.165, 1.54) is 11.1 Å². The minimum absolute atomic E-state index is 0.296. The molecule has 1 atom stereocenters. The van der Waals surface area contributed by atoms with Crippen LogP contribution in [0.25, 0.3) is 0 Å². The van der Waals surface area contributed by atoms with E-state index in [9.17, 15) is 10.2 Å². The summed E-state index contributed by atoms with van der Waals surface area (Å²) in [5.74, 6) is 0.925. The second-order valence-corrected chi connectivity index (χ2v) is 4.49. The highest BCUT2D eigenvalue weighted by molar-refractivity contribution is 5.31. The lowest BCUT2D eigenvalue weighted by Gasteiger charge is -2.11. The Morgan fingerprint density at radius 1 is 0.889 bits per heavy atom. The first kappa shape index (κ1) is 12.5. The molecular weight excluding hydrogens is 224 g/mol. The molecule has 0 aliphatic rings. The monoisotopic (exact) mass is 241 g/mol. The molecule has 1 radical (unpaired) electrons. The summed E-state index contributed by atoms with van der Waals surface area (Å²) >= 11 is 0. The molecule has 0 heterocycles. The molecular formula is C16H17O2. The standard InChI is InChI=1S/C16H17O2/c1-12(14-6-10-16(18)11-7-14)2-3-13-4-8-15(17)9-5-13/h2,4-12,17-18H,3H2,1H3. The van der Waals surface area contributed by atoms with Gasteiger partial charge in [0.2, 0.25) is 0 Å². The van der Waals surface area contributed by atoms with E-state index in [-0.39, 0.29) is 0 Å².